The molecule has 0 aliphatic heterocycles. The summed E-state index contributed by atoms with van der Waals surface area (Å²) in [5.41, 5.74) is 8.22. The maximum Gasteiger partial charge on any atom is 0.294 e. The third-order valence-corrected chi connectivity index (χ3v) is 11.8. The zero-order valence-electron chi connectivity index (χ0n) is 38.9. The molecule has 1 aliphatic carbocycles. The van der Waals surface area contributed by atoms with Gasteiger partial charge in [-0.15, -0.1) is 0 Å². The second-order valence-electron chi connectivity index (χ2n) is 16.9. The number of pyridine rings is 6. The number of hydrogen-bond donors (Lipinski definition) is 3. The van der Waals surface area contributed by atoms with E-state index in [1.54, 1.807) is 74.9 Å². The fourth-order valence-corrected chi connectivity index (χ4v) is 8.55. The van der Waals surface area contributed by atoms with Crippen molar-refractivity contribution >= 4 is 51.6 Å². The predicted molar refractivity (Wildman–Crippen MR) is 267 cm³/mol. The van der Waals surface area contributed by atoms with Crippen LogP contribution in [0.25, 0.3) is 49.9 Å². The Morgan fingerprint density at radius 2 is 0.886 bits per heavy atom. The van der Waals surface area contributed by atoms with Gasteiger partial charge in [0.15, 0.2) is 0 Å². The molecule has 0 radical (unpaired) electrons. The third-order valence-electron chi connectivity index (χ3n) is 11.8. The van der Waals surface area contributed by atoms with E-state index in [0.717, 1.165) is 64.5 Å². The normalized spacial score (nSPS) is 12.3. The predicted octanol–water partition coefficient (Wildman–Crippen LogP) is 8.27. The van der Waals surface area contributed by atoms with Gasteiger partial charge in [-0.25, -0.2) is 0 Å². The maximum atomic E-state index is 13.0. The molecule has 0 aromatic carbocycles. The summed E-state index contributed by atoms with van der Waals surface area (Å²) in [6, 6.07) is 33.7. The molecule has 1 fully saturated rings. The first-order valence-electron chi connectivity index (χ1n) is 23.0. The Morgan fingerprint density at radius 1 is 0.500 bits per heavy atom. The lowest BCUT2D eigenvalue weighted by Gasteiger charge is -2.22. The zero-order chi connectivity index (χ0) is 49.1. The van der Waals surface area contributed by atoms with Crippen LogP contribution in [0.2, 0.25) is 0 Å². The quantitative estimate of drug-likeness (QED) is 0.0847. The minimum Gasteiger partial charge on any atom is -0.352 e. The van der Waals surface area contributed by atoms with E-state index >= 15 is 0 Å². The molecule has 15 heteroatoms. The number of nitrogens with zero attached hydrogens (tertiary/aromatic N) is 6. The molecule has 3 N–H and O–H groups in total. The van der Waals surface area contributed by atoms with E-state index in [9.17, 15) is 28.8 Å². The Morgan fingerprint density at radius 3 is 1.24 bits per heavy atom. The van der Waals surface area contributed by atoms with Crippen LogP contribution in [-0.2, 0) is 14.4 Å². The lowest BCUT2D eigenvalue weighted by Crippen LogP contribution is -2.40. The van der Waals surface area contributed by atoms with E-state index in [1.807, 2.05) is 117 Å². The molecule has 10 rings (SSSR count). The van der Waals surface area contributed by atoms with E-state index in [0.29, 0.717) is 28.2 Å². The van der Waals surface area contributed by atoms with Gasteiger partial charge in [0.2, 0.25) is 0 Å². The van der Waals surface area contributed by atoms with Crippen LogP contribution in [0.5, 0.6) is 0 Å². The number of fused-ring (bicyclic) bond motifs is 3. The van der Waals surface area contributed by atoms with E-state index in [2.05, 4.69) is 30.9 Å². The van der Waals surface area contributed by atoms with Gasteiger partial charge < -0.3 is 29.2 Å². The van der Waals surface area contributed by atoms with Crippen molar-refractivity contribution in [3.63, 3.8) is 0 Å². The number of carbonyl (C=O) groups excluding carboxylic acids is 6. The van der Waals surface area contributed by atoms with Crippen molar-refractivity contribution in [3.8, 4) is 33.4 Å². The van der Waals surface area contributed by atoms with Crippen LogP contribution in [0.4, 0.5) is 0 Å². The van der Waals surface area contributed by atoms with Crippen LogP contribution >= 0.6 is 0 Å². The first-order chi connectivity index (χ1) is 34.0. The van der Waals surface area contributed by atoms with Gasteiger partial charge in [-0.3, -0.25) is 43.7 Å². The third kappa shape index (κ3) is 10.5. The molecule has 70 heavy (non-hydrogen) atoms. The number of likely N-dealkylation sites (N-methyl/N-ethyl adjacent to an activating group) is 1. The number of nitrogens with one attached hydrogen (secondary N) is 3. The van der Waals surface area contributed by atoms with Crippen LogP contribution in [0, 0.1) is 0 Å². The first-order valence-corrected chi connectivity index (χ1v) is 23.0. The average Bonchev–Trinajstić information content (AvgIpc) is 4.11. The van der Waals surface area contributed by atoms with E-state index in [1.165, 1.54) is 13.5 Å². The molecule has 0 saturated heterocycles. The van der Waals surface area contributed by atoms with Crippen molar-refractivity contribution in [1.29, 1.82) is 0 Å². The molecule has 1 saturated carbocycles. The monoisotopic (exact) mass is 933 g/mol. The SMILES string of the molecule is CC(C)NC(=O)C(=O)c1c(-c2cccnc2)cc2ccccn12.CNC(=O)C(=O)c1c(-c2cccnc2)cc2ccccn12.O=C(NC1CCCCC1)C(=O)c1c(-c2cccnc2)cc2ccccn12. The smallest absolute Gasteiger partial charge is 0.294 e. The number of carbonyl (C=O) groups is 6. The summed E-state index contributed by atoms with van der Waals surface area (Å²) >= 11 is 0. The molecule has 9 aromatic heterocycles. The minimum atomic E-state index is -0.635. The van der Waals surface area contributed by atoms with Gasteiger partial charge >= 0.3 is 0 Å². The molecule has 3 amide bonds. The second kappa shape index (κ2) is 21.8. The van der Waals surface area contributed by atoms with Gasteiger partial charge in [-0.1, -0.05) is 55.7 Å². The van der Waals surface area contributed by atoms with Crippen molar-refractivity contribution in [2.45, 2.75) is 58.0 Å². The van der Waals surface area contributed by atoms with Crippen LogP contribution in [0.15, 0.2) is 165 Å². The van der Waals surface area contributed by atoms with E-state index in [-0.39, 0.29) is 12.1 Å². The highest BCUT2D eigenvalue weighted by Crippen LogP contribution is 2.31. The Kier molecular flexibility index (Phi) is 14.9. The first kappa shape index (κ1) is 47.6. The van der Waals surface area contributed by atoms with Gasteiger partial charge in [0, 0.05) is 125 Å². The Hall–Kier alpha value is -8.85. The largest absolute Gasteiger partial charge is 0.352 e. The summed E-state index contributed by atoms with van der Waals surface area (Å²) in [5.74, 6) is -3.38. The highest BCUT2D eigenvalue weighted by molar-refractivity contribution is 6.45. The molecule has 0 unspecified atom stereocenters. The van der Waals surface area contributed by atoms with Crippen molar-refractivity contribution < 1.29 is 28.8 Å². The van der Waals surface area contributed by atoms with Gasteiger partial charge in [-0.2, -0.15) is 0 Å². The van der Waals surface area contributed by atoms with Gasteiger partial charge in [0.05, 0.1) is 0 Å². The number of amides is 3. The highest BCUT2D eigenvalue weighted by atomic mass is 16.2. The molecule has 9 aromatic rings. The fraction of sp³-hybridized carbons (Fsp3) is 0.182. The molecule has 15 nitrogen and oxygen atoms in total. The van der Waals surface area contributed by atoms with Crippen LogP contribution < -0.4 is 16.0 Å². The standard InChI is InChI=1S/C21H21N3O2.C18H17N3O2.C16H13N3O2/c25-20(21(26)23-16-8-2-1-3-9-16)19-18(15-7-6-11-22-14-15)13-17-10-4-5-12-24(17)19;1-12(2)20-18(23)17(22)16-15(13-6-5-8-19-11-13)10-14-7-3-4-9-21(14)16;1-17-16(21)15(20)14-13(11-5-4-7-18-10-11)9-12-6-2-3-8-19(12)14/h4-7,10-14,16H,1-3,8-9H2,(H,23,26);3-12H,1-2H3,(H,20,23);2-10H,1H3,(H,17,21). The highest BCUT2D eigenvalue weighted by Gasteiger charge is 2.28. The number of rotatable bonds is 11. The average molecular weight is 934 g/mol. The lowest BCUT2D eigenvalue weighted by molar-refractivity contribution is -0.118. The van der Waals surface area contributed by atoms with Crippen molar-refractivity contribution in [2.75, 3.05) is 7.05 Å². The van der Waals surface area contributed by atoms with Gasteiger partial charge in [-0.05, 0) is 99.5 Å². The molecule has 0 spiro atoms. The summed E-state index contributed by atoms with van der Waals surface area (Å²) in [6.45, 7) is 3.65. The Bertz CT molecular complexity index is 3340. The number of ketones is 3. The maximum absolute atomic E-state index is 13.0. The van der Waals surface area contributed by atoms with Gasteiger partial charge in [0.1, 0.15) is 17.1 Å². The van der Waals surface area contributed by atoms with Crippen molar-refractivity contribution in [1.82, 2.24) is 44.1 Å². The van der Waals surface area contributed by atoms with Crippen molar-refractivity contribution in [2.24, 2.45) is 0 Å². The van der Waals surface area contributed by atoms with Crippen LogP contribution in [0.1, 0.15) is 77.4 Å². The molecular formula is C55H51N9O6. The Labute approximate surface area is 403 Å². The second-order valence-corrected chi connectivity index (χ2v) is 16.9. The molecule has 1 aliphatic rings. The van der Waals surface area contributed by atoms with Crippen LogP contribution in [0.3, 0.4) is 0 Å². The number of aromatic nitrogens is 6. The summed E-state index contributed by atoms with van der Waals surface area (Å²) in [7, 11) is 1.44. The molecule has 0 bridgehead atoms. The summed E-state index contributed by atoms with van der Waals surface area (Å²) in [6.07, 6.45) is 20.8. The van der Waals surface area contributed by atoms with E-state index < -0.39 is 35.1 Å². The molecule has 9 heterocycles. The minimum absolute atomic E-state index is 0.0977. The molecule has 0 atom stereocenters. The number of Topliss-reactive ketones (excluding diaryl/α,β-unsaturated/α-hetero) is 3. The summed E-state index contributed by atoms with van der Waals surface area (Å²) in [5, 5.41) is 7.97. The van der Waals surface area contributed by atoms with E-state index in [4.69, 9.17) is 0 Å². The Balaban J connectivity index is 0.000000142. The van der Waals surface area contributed by atoms with Gasteiger partial charge in [0.25, 0.3) is 35.1 Å². The van der Waals surface area contributed by atoms with Crippen molar-refractivity contribution in [3.05, 3.63) is 182 Å². The lowest BCUT2D eigenvalue weighted by atomic mass is 9.95. The number of hydrogen-bond acceptors (Lipinski definition) is 9. The topological polar surface area (TPSA) is 190 Å². The molecular weight excluding hydrogens is 883 g/mol. The zero-order valence-corrected chi connectivity index (χ0v) is 38.9. The molecule has 352 valence electrons. The summed E-state index contributed by atoms with van der Waals surface area (Å²) in [4.78, 5) is 87.0. The fourth-order valence-electron chi connectivity index (χ4n) is 8.55. The van der Waals surface area contributed by atoms with Crippen LogP contribution in [-0.4, -0.2) is 82.4 Å². The summed E-state index contributed by atoms with van der Waals surface area (Å²) < 4.78 is 5.25.